The lowest BCUT2D eigenvalue weighted by Gasteiger charge is -2.13. The molecule has 0 bridgehead atoms. The van der Waals surface area contributed by atoms with Crippen LogP contribution in [0.2, 0.25) is 0 Å². The van der Waals surface area contributed by atoms with Gasteiger partial charge in [-0.25, -0.2) is 4.98 Å². The Balaban J connectivity index is 1.41. The van der Waals surface area contributed by atoms with E-state index in [1.165, 1.54) is 16.2 Å². The molecule has 3 aromatic rings. The Morgan fingerprint density at radius 1 is 1.00 bits per heavy atom. The molecule has 0 unspecified atom stereocenters. The number of hydrogen-bond donors (Lipinski definition) is 1. The SMILES string of the molecule is O=C(Nc1nc(-c2ccccc2)cs1)c1ccc(CN2C(=O)CCC2=O)cc1. The smallest absolute Gasteiger partial charge is 0.257 e. The maximum Gasteiger partial charge on any atom is 0.257 e. The van der Waals surface area contributed by atoms with Crippen molar-refractivity contribution in [2.24, 2.45) is 0 Å². The van der Waals surface area contributed by atoms with Gasteiger partial charge < -0.3 is 0 Å². The molecule has 2 aromatic carbocycles. The Hall–Kier alpha value is -3.32. The summed E-state index contributed by atoms with van der Waals surface area (Å²) in [5, 5.41) is 5.23. The standard InChI is InChI=1S/C21H17N3O3S/c25-18-10-11-19(26)24(18)12-14-6-8-16(9-7-14)20(27)23-21-22-17(13-28-21)15-4-2-1-3-5-15/h1-9,13H,10-12H2,(H,22,23,27). The van der Waals surface area contributed by atoms with Crippen LogP contribution in [0.1, 0.15) is 28.8 Å². The molecule has 0 spiro atoms. The van der Waals surface area contributed by atoms with Crippen LogP contribution in [0.5, 0.6) is 0 Å². The summed E-state index contributed by atoms with van der Waals surface area (Å²) in [6, 6.07) is 16.6. The van der Waals surface area contributed by atoms with Crippen LogP contribution in [0.3, 0.4) is 0 Å². The molecule has 1 saturated heterocycles. The van der Waals surface area contributed by atoms with E-state index in [2.05, 4.69) is 10.3 Å². The highest BCUT2D eigenvalue weighted by molar-refractivity contribution is 7.14. The second-order valence-corrected chi connectivity index (χ2v) is 7.29. The number of thiazole rings is 1. The summed E-state index contributed by atoms with van der Waals surface area (Å²) in [6.07, 6.45) is 0.552. The highest BCUT2D eigenvalue weighted by Gasteiger charge is 2.28. The number of nitrogens with zero attached hydrogens (tertiary/aromatic N) is 2. The van der Waals surface area contributed by atoms with E-state index in [1.807, 2.05) is 35.7 Å². The molecule has 1 aliphatic rings. The van der Waals surface area contributed by atoms with E-state index in [0.29, 0.717) is 10.7 Å². The maximum atomic E-state index is 12.5. The summed E-state index contributed by atoms with van der Waals surface area (Å²) < 4.78 is 0. The minimum absolute atomic E-state index is 0.148. The zero-order chi connectivity index (χ0) is 19.5. The van der Waals surface area contributed by atoms with E-state index >= 15 is 0 Å². The summed E-state index contributed by atoms with van der Waals surface area (Å²) in [6.45, 7) is 0.243. The van der Waals surface area contributed by atoms with Crippen molar-refractivity contribution in [3.63, 3.8) is 0 Å². The number of carbonyl (C=O) groups is 3. The first-order valence-electron chi connectivity index (χ1n) is 8.84. The number of anilines is 1. The Bertz CT molecular complexity index is 1010. The van der Waals surface area contributed by atoms with Gasteiger partial charge in [0.05, 0.1) is 12.2 Å². The molecule has 1 fully saturated rings. The van der Waals surface area contributed by atoms with Gasteiger partial charge in [-0.1, -0.05) is 42.5 Å². The molecule has 140 valence electrons. The largest absolute Gasteiger partial charge is 0.298 e. The minimum atomic E-state index is -0.256. The lowest BCUT2D eigenvalue weighted by Crippen LogP contribution is -2.28. The first-order valence-corrected chi connectivity index (χ1v) is 9.72. The summed E-state index contributed by atoms with van der Waals surface area (Å²) in [5.74, 6) is -0.552. The van der Waals surface area contributed by atoms with Gasteiger partial charge >= 0.3 is 0 Å². The maximum absolute atomic E-state index is 12.5. The molecule has 1 N–H and O–H groups in total. The number of benzene rings is 2. The molecule has 2 heterocycles. The number of aromatic nitrogens is 1. The molecule has 28 heavy (non-hydrogen) atoms. The molecule has 4 rings (SSSR count). The molecule has 1 aliphatic heterocycles. The van der Waals surface area contributed by atoms with Gasteiger partial charge in [0.1, 0.15) is 0 Å². The lowest BCUT2D eigenvalue weighted by atomic mass is 10.1. The lowest BCUT2D eigenvalue weighted by molar-refractivity contribution is -0.139. The van der Waals surface area contributed by atoms with Crippen LogP contribution < -0.4 is 5.32 Å². The third-order valence-electron chi connectivity index (χ3n) is 4.51. The van der Waals surface area contributed by atoms with Gasteiger partial charge in [-0.15, -0.1) is 11.3 Å². The molecular weight excluding hydrogens is 374 g/mol. The number of carbonyl (C=O) groups excluding carboxylic acids is 3. The first kappa shape index (κ1) is 18.1. The van der Waals surface area contributed by atoms with E-state index < -0.39 is 0 Å². The number of hydrogen-bond acceptors (Lipinski definition) is 5. The number of likely N-dealkylation sites (tertiary alicyclic amines) is 1. The second-order valence-electron chi connectivity index (χ2n) is 6.43. The van der Waals surface area contributed by atoms with E-state index in [4.69, 9.17) is 0 Å². The Labute approximate surface area is 165 Å². The Kier molecular flexibility index (Phi) is 4.99. The molecule has 0 radical (unpaired) electrons. The molecule has 0 aliphatic carbocycles. The fourth-order valence-corrected chi connectivity index (χ4v) is 3.70. The van der Waals surface area contributed by atoms with Crippen LogP contribution in [0, 0.1) is 0 Å². The quantitative estimate of drug-likeness (QED) is 0.673. The normalized spacial score (nSPS) is 13.8. The van der Waals surface area contributed by atoms with Gasteiger partial charge in [-0.3, -0.25) is 24.6 Å². The van der Waals surface area contributed by atoms with Crippen molar-refractivity contribution in [1.29, 1.82) is 0 Å². The summed E-state index contributed by atoms with van der Waals surface area (Å²) in [5.41, 5.74) is 3.10. The van der Waals surface area contributed by atoms with Crippen molar-refractivity contribution in [3.05, 3.63) is 71.1 Å². The molecule has 1 aromatic heterocycles. The number of amides is 3. The van der Waals surface area contributed by atoms with Crippen LogP contribution in [0.4, 0.5) is 5.13 Å². The predicted octanol–water partition coefficient (Wildman–Crippen LogP) is 3.71. The van der Waals surface area contributed by atoms with Crippen LogP contribution in [0.15, 0.2) is 60.0 Å². The van der Waals surface area contributed by atoms with Crippen LogP contribution in [-0.4, -0.2) is 27.6 Å². The zero-order valence-corrected chi connectivity index (χ0v) is 15.7. The minimum Gasteiger partial charge on any atom is -0.298 e. The van der Waals surface area contributed by atoms with E-state index in [-0.39, 0.29) is 37.1 Å². The van der Waals surface area contributed by atoms with E-state index in [9.17, 15) is 14.4 Å². The van der Waals surface area contributed by atoms with Crippen molar-refractivity contribution in [3.8, 4) is 11.3 Å². The monoisotopic (exact) mass is 391 g/mol. The average Bonchev–Trinajstić information content (AvgIpc) is 3.31. The fraction of sp³-hybridized carbons (Fsp3) is 0.143. The summed E-state index contributed by atoms with van der Waals surface area (Å²) in [7, 11) is 0. The summed E-state index contributed by atoms with van der Waals surface area (Å²) in [4.78, 5) is 41.6. The molecule has 0 saturated carbocycles. The number of nitrogens with one attached hydrogen (secondary N) is 1. The van der Waals surface area contributed by atoms with Gasteiger partial charge in [0.15, 0.2) is 5.13 Å². The van der Waals surface area contributed by atoms with Gasteiger partial charge in [0.2, 0.25) is 11.8 Å². The number of imide groups is 1. The Morgan fingerprint density at radius 3 is 2.36 bits per heavy atom. The molecule has 0 atom stereocenters. The van der Waals surface area contributed by atoms with Crippen molar-refractivity contribution >= 4 is 34.2 Å². The second kappa shape index (κ2) is 7.74. The zero-order valence-electron chi connectivity index (χ0n) is 14.9. The van der Waals surface area contributed by atoms with E-state index in [1.54, 1.807) is 24.3 Å². The predicted molar refractivity (Wildman–Crippen MR) is 107 cm³/mol. The molecular formula is C21H17N3O3S. The number of rotatable bonds is 5. The Morgan fingerprint density at radius 2 is 1.68 bits per heavy atom. The average molecular weight is 391 g/mol. The molecule has 3 amide bonds. The summed E-state index contributed by atoms with van der Waals surface area (Å²) >= 11 is 1.37. The highest BCUT2D eigenvalue weighted by atomic mass is 32.1. The van der Waals surface area contributed by atoms with Crippen LogP contribution >= 0.6 is 11.3 Å². The van der Waals surface area contributed by atoms with Crippen molar-refractivity contribution in [2.75, 3.05) is 5.32 Å². The van der Waals surface area contributed by atoms with Gasteiger partial charge in [0, 0.05) is 29.3 Å². The van der Waals surface area contributed by atoms with Crippen molar-refractivity contribution in [1.82, 2.24) is 9.88 Å². The highest BCUT2D eigenvalue weighted by Crippen LogP contribution is 2.25. The third kappa shape index (κ3) is 3.84. The molecule has 7 heteroatoms. The third-order valence-corrected chi connectivity index (χ3v) is 5.26. The first-order chi connectivity index (χ1) is 13.6. The van der Waals surface area contributed by atoms with Gasteiger partial charge in [0.25, 0.3) is 5.91 Å². The van der Waals surface area contributed by atoms with E-state index in [0.717, 1.165) is 16.8 Å². The van der Waals surface area contributed by atoms with Gasteiger partial charge in [-0.2, -0.15) is 0 Å². The van der Waals surface area contributed by atoms with Crippen molar-refractivity contribution < 1.29 is 14.4 Å². The van der Waals surface area contributed by atoms with Crippen molar-refractivity contribution in [2.45, 2.75) is 19.4 Å². The molecule has 6 nitrogen and oxygen atoms in total. The topological polar surface area (TPSA) is 79.4 Å². The van der Waals surface area contributed by atoms with Crippen LogP contribution in [-0.2, 0) is 16.1 Å². The fourth-order valence-electron chi connectivity index (χ4n) is 2.99. The van der Waals surface area contributed by atoms with Gasteiger partial charge in [-0.05, 0) is 17.7 Å². The van der Waals surface area contributed by atoms with Crippen LogP contribution in [0.25, 0.3) is 11.3 Å².